The molecule has 3 rings (SSSR count). The summed E-state index contributed by atoms with van der Waals surface area (Å²) in [5.41, 5.74) is 23.7. The Kier molecular flexibility index (Phi) is 17.0. The number of nitrogens with zero attached hydrogens (tertiary/aromatic N) is 1. The Balaban J connectivity index is 1.78. The third-order valence-corrected chi connectivity index (χ3v) is 9.17. The number of carbonyl (C=O) groups is 7. The van der Waals surface area contributed by atoms with Crippen molar-refractivity contribution in [2.45, 2.75) is 101 Å². The van der Waals surface area contributed by atoms with Gasteiger partial charge < -0.3 is 59.3 Å². The van der Waals surface area contributed by atoms with Crippen molar-refractivity contribution in [3.8, 4) is 5.75 Å². The molecule has 0 spiro atoms. The molecule has 0 aromatic heterocycles. The number of hydrogen-bond acceptors (Lipinski definition) is 11. The average molecular weight is 768 g/mol. The summed E-state index contributed by atoms with van der Waals surface area (Å²) in [5.74, 6) is -5.63. The number of hydrogen-bond donors (Lipinski definition) is 10. The van der Waals surface area contributed by atoms with E-state index in [1.54, 1.807) is 36.4 Å². The van der Waals surface area contributed by atoms with Gasteiger partial charge in [-0.2, -0.15) is 0 Å². The minimum absolute atomic E-state index is 0.0110. The number of likely N-dealkylation sites (tertiary alicyclic amines) is 1. The van der Waals surface area contributed by atoms with Crippen LogP contribution in [0.2, 0.25) is 0 Å². The molecule has 1 saturated heterocycles. The molecule has 2 aromatic carbocycles. The van der Waals surface area contributed by atoms with Crippen LogP contribution in [0, 0.1) is 0 Å². The minimum Gasteiger partial charge on any atom is -0.508 e. The molecule has 1 aliphatic rings. The van der Waals surface area contributed by atoms with Gasteiger partial charge in [0.05, 0.1) is 18.6 Å². The predicted octanol–water partition coefficient (Wildman–Crippen LogP) is -2.69. The van der Waals surface area contributed by atoms with Crippen LogP contribution in [0.15, 0.2) is 54.6 Å². The van der Waals surface area contributed by atoms with Crippen LogP contribution in [0.1, 0.15) is 56.6 Å². The molecule has 2 aromatic rings. The molecule has 0 unspecified atom stereocenters. The number of primary amides is 2. The first-order valence-electron chi connectivity index (χ1n) is 18.2. The highest BCUT2D eigenvalue weighted by Crippen LogP contribution is 2.21. The molecule has 300 valence electrons. The standard InChI is InChI=1S/C37H53N9O9/c1-21(47)31(45-35(53)28(19-23-12-14-24(48)15-13-23)44-33(51)25(39)18-22-8-3-2-4-9-22)37(55)46-17-7-11-29(46)36(54)42-26(10-5-6-16-38)34(52)43-27(32(41)50)20-30(40)49/h2-4,8-9,12-15,21,25-29,31,47-48H,5-7,10-11,16-20,38-39H2,1H3,(H2,40,49)(H2,41,50)(H,42,54)(H,43,52)(H,44,51)(H,45,53)/t21-,25+,26+,27+,28+,29+,31+/m1/s1. The molecule has 7 amide bonds. The van der Waals surface area contributed by atoms with Crippen molar-refractivity contribution in [3.05, 3.63) is 65.7 Å². The van der Waals surface area contributed by atoms with Gasteiger partial charge in [-0.3, -0.25) is 33.6 Å². The van der Waals surface area contributed by atoms with E-state index in [4.69, 9.17) is 22.9 Å². The topological polar surface area (TPSA) is 315 Å². The second-order valence-corrected chi connectivity index (χ2v) is 13.6. The number of phenols is 1. The number of unbranched alkanes of at least 4 members (excludes halogenated alkanes) is 1. The van der Waals surface area contributed by atoms with Crippen molar-refractivity contribution in [2.24, 2.45) is 22.9 Å². The van der Waals surface area contributed by atoms with Gasteiger partial charge in [-0.15, -0.1) is 0 Å². The lowest BCUT2D eigenvalue weighted by Gasteiger charge is -2.32. The van der Waals surface area contributed by atoms with Crippen LogP contribution < -0.4 is 44.2 Å². The number of aromatic hydroxyl groups is 1. The normalized spacial score (nSPS) is 17.1. The summed E-state index contributed by atoms with van der Waals surface area (Å²) in [7, 11) is 0. The quantitative estimate of drug-likeness (QED) is 0.0583. The highest BCUT2D eigenvalue weighted by Gasteiger charge is 2.41. The largest absolute Gasteiger partial charge is 0.508 e. The van der Waals surface area contributed by atoms with Gasteiger partial charge in [-0.25, -0.2) is 0 Å². The van der Waals surface area contributed by atoms with E-state index in [0.717, 1.165) is 5.56 Å². The molecule has 0 radical (unpaired) electrons. The van der Waals surface area contributed by atoms with Crippen molar-refractivity contribution in [3.63, 3.8) is 0 Å². The summed E-state index contributed by atoms with van der Waals surface area (Å²) in [4.78, 5) is 92.4. The number of rotatable bonds is 21. The summed E-state index contributed by atoms with van der Waals surface area (Å²) < 4.78 is 0. The maximum Gasteiger partial charge on any atom is 0.248 e. The molecule has 7 atom stereocenters. The number of aliphatic hydroxyl groups excluding tert-OH is 1. The summed E-state index contributed by atoms with van der Waals surface area (Å²) >= 11 is 0. The van der Waals surface area contributed by atoms with Gasteiger partial charge in [0.2, 0.25) is 41.4 Å². The van der Waals surface area contributed by atoms with Crippen molar-refractivity contribution >= 4 is 41.4 Å². The van der Waals surface area contributed by atoms with Gasteiger partial charge in [0.25, 0.3) is 0 Å². The van der Waals surface area contributed by atoms with E-state index < -0.39 is 90.1 Å². The number of nitrogens with two attached hydrogens (primary N) is 4. The number of nitrogens with one attached hydrogen (secondary N) is 4. The van der Waals surface area contributed by atoms with Crippen molar-refractivity contribution in [1.82, 2.24) is 26.2 Å². The maximum absolute atomic E-state index is 14.0. The lowest BCUT2D eigenvalue weighted by molar-refractivity contribution is -0.144. The van der Waals surface area contributed by atoms with Crippen molar-refractivity contribution < 1.29 is 43.8 Å². The van der Waals surface area contributed by atoms with E-state index in [9.17, 15) is 43.8 Å². The fourth-order valence-electron chi connectivity index (χ4n) is 6.17. The molecule has 1 heterocycles. The second kappa shape index (κ2) is 21.3. The van der Waals surface area contributed by atoms with E-state index in [0.29, 0.717) is 31.4 Å². The SMILES string of the molecule is C[C@@H](O)[C@H](NC(=O)[C@H](Cc1ccc(O)cc1)NC(=O)[C@@H](N)Cc1ccccc1)C(=O)N1CCC[C@H]1C(=O)N[C@@H](CCCCN)C(=O)N[C@@H](CC(N)=O)C(N)=O. The van der Waals surface area contributed by atoms with E-state index >= 15 is 0 Å². The Labute approximate surface area is 319 Å². The Bertz CT molecular complexity index is 1640. The van der Waals surface area contributed by atoms with Gasteiger partial charge in [0, 0.05) is 13.0 Å². The average Bonchev–Trinajstić information content (AvgIpc) is 3.64. The molecule has 14 N–H and O–H groups in total. The molecule has 18 nitrogen and oxygen atoms in total. The molecule has 0 aliphatic carbocycles. The van der Waals surface area contributed by atoms with Crippen LogP contribution in [0.3, 0.4) is 0 Å². The first-order chi connectivity index (χ1) is 26.1. The van der Waals surface area contributed by atoms with E-state index in [1.807, 2.05) is 6.07 Å². The first-order valence-corrected chi connectivity index (χ1v) is 18.2. The Morgan fingerprint density at radius 2 is 1.42 bits per heavy atom. The molecule has 1 aliphatic heterocycles. The van der Waals surface area contributed by atoms with E-state index in [2.05, 4.69) is 21.3 Å². The van der Waals surface area contributed by atoms with Crippen LogP contribution in [0.4, 0.5) is 0 Å². The Morgan fingerprint density at radius 1 is 0.800 bits per heavy atom. The van der Waals surface area contributed by atoms with Crippen molar-refractivity contribution in [1.29, 1.82) is 0 Å². The molecule has 55 heavy (non-hydrogen) atoms. The summed E-state index contributed by atoms with van der Waals surface area (Å²) in [6.07, 6.45) is -0.274. The first kappa shape index (κ1) is 43.8. The second-order valence-electron chi connectivity index (χ2n) is 13.6. The number of phenolic OH excluding ortho intramolecular Hbond substituents is 1. The summed E-state index contributed by atoms with van der Waals surface area (Å²) in [6, 6.07) is 7.44. The molecule has 18 heteroatoms. The Hall–Kier alpha value is -5.59. The van der Waals surface area contributed by atoms with Gasteiger partial charge >= 0.3 is 0 Å². The Morgan fingerprint density at radius 3 is 2.02 bits per heavy atom. The monoisotopic (exact) mass is 767 g/mol. The van der Waals surface area contributed by atoms with Crippen molar-refractivity contribution in [2.75, 3.05) is 13.1 Å². The van der Waals surface area contributed by atoms with Gasteiger partial charge in [0.1, 0.15) is 36.0 Å². The number of carbonyl (C=O) groups excluding carboxylic acids is 7. The molecule has 0 bridgehead atoms. The maximum atomic E-state index is 14.0. The van der Waals surface area contributed by atoms with E-state index in [-0.39, 0.29) is 38.0 Å². The van der Waals surface area contributed by atoms with Crippen LogP contribution >= 0.6 is 0 Å². The summed E-state index contributed by atoms with van der Waals surface area (Å²) in [6.45, 7) is 1.69. The van der Waals surface area contributed by atoms with Gasteiger partial charge in [-0.1, -0.05) is 42.5 Å². The van der Waals surface area contributed by atoms with Crippen LogP contribution in [-0.2, 0) is 46.4 Å². The van der Waals surface area contributed by atoms with Gasteiger partial charge in [0.15, 0.2) is 0 Å². The van der Waals surface area contributed by atoms with E-state index in [1.165, 1.54) is 24.0 Å². The fraction of sp³-hybridized carbons (Fsp3) is 0.486. The highest BCUT2D eigenvalue weighted by atomic mass is 16.3. The molecular weight excluding hydrogens is 714 g/mol. The van der Waals surface area contributed by atoms with Crippen LogP contribution in [-0.4, -0.2) is 112 Å². The minimum atomic E-state index is -1.55. The van der Waals surface area contributed by atoms with Gasteiger partial charge in [-0.05, 0) is 75.3 Å². The molecular formula is C37H53N9O9. The highest BCUT2D eigenvalue weighted by molar-refractivity contribution is 5.97. The lowest BCUT2D eigenvalue weighted by atomic mass is 10.0. The molecule has 1 fully saturated rings. The third kappa shape index (κ3) is 13.6. The van der Waals surface area contributed by atoms with Crippen LogP contribution in [0.5, 0.6) is 5.75 Å². The number of benzene rings is 2. The third-order valence-electron chi connectivity index (χ3n) is 9.17. The molecule has 0 saturated carbocycles. The summed E-state index contributed by atoms with van der Waals surface area (Å²) in [5, 5.41) is 30.7. The smallest absolute Gasteiger partial charge is 0.248 e. The fourth-order valence-corrected chi connectivity index (χ4v) is 6.17. The zero-order valence-corrected chi connectivity index (χ0v) is 30.8. The van der Waals surface area contributed by atoms with Crippen LogP contribution in [0.25, 0.3) is 0 Å². The zero-order valence-electron chi connectivity index (χ0n) is 30.8. The lowest BCUT2D eigenvalue weighted by Crippen LogP contribution is -2.61. The number of amides is 7. The number of aliphatic hydroxyl groups is 1. The predicted molar refractivity (Wildman–Crippen MR) is 200 cm³/mol. The zero-order chi connectivity index (χ0) is 40.7.